The van der Waals surface area contributed by atoms with Gasteiger partial charge in [-0.15, -0.1) is 0 Å². The first-order valence-electron chi connectivity index (χ1n) is 8.32. The molecule has 0 aromatic heterocycles. The number of nitrogens with one attached hydrogen (secondary N) is 2. The summed E-state index contributed by atoms with van der Waals surface area (Å²) in [7, 11) is 0. The third-order valence-electron chi connectivity index (χ3n) is 4.02. The summed E-state index contributed by atoms with van der Waals surface area (Å²) >= 11 is 0. The lowest BCUT2D eigenvalue weighted by molar-refractivity contribution is -0.137. The summed E-state index contributed by atoms with van der Waals surface area (Å²) in [6.07, 6.45) is -4.66. The molecule has 0 saturated carbocycles. The highest BCUT2D eigenvalue weighted by Crippen LogP contribution is 2.35. The molecule has 2 aromatic carbocycles. The second kappa shape index (κ2) is 8.45. The van der Waals surface area contributed by atoms with Gasteiger partial charge in [0.2, 0.25) is 0 Å². The van der Waals surface area contributed by atoms with E-state index in [4.69, 9.17) is 5.26 Å². The van der Waals surface area contributed by atoms with E-state index in [-0.39, 0.29) is 11.3 Å². The molecule has 5 nitrogen and oxygen atoms in total. The zero-order valence-electron chi connectivity index (χ0n) is 14.9. The molecule has 0 radical (unpaired) electrons. The van der Waals surface area contributed by atoms with Crippen molar-refractivity contribution in [3.63, 3.8) is 0 Å². The van der Waals surface area contributed by atoms with Crippen LogP contribution in [0.3, 0.4) is 0 Å². The Morgan fingerprint density at radius 1 is 1.11 bits per heavy atom. The Bertz CT molecular complexity index is 838. The average molecular weight is 376 g/mol. The minimum absolute atomic E-state index is 0.119. The maximum Gasteiger partial charge on any atom is 0.418 e. The number of nitrogens with zero attached hydrogens (tertiary/aromatic N) is 2. The first-order chi connectivity index (χ1) is 12.8. The zero-order chi connectivity index (χ0) is 20.0. The molecule has 0 heterocycles. The topological polar surface area (TPSA) is 68.2 Å². The van der Waals surface area contributed by atoms with E-state index in [1.165, 1.54) is 6.07 Å². The summed E-state index contributed by atoms with van der Waals surface area (Å²) in [5.41, 5.74) is 4.32. The molecule has 2 aromatic rings. The van der Waals surface area contributed by atoms with E-state index in [1.807, 2.05) is 13.8 Å². The van der Waals surface area contributed by atoms with Crippen LogP contribution in [0, 0.1) is 11.3 Å². The highest BCUT2D eigenvalue weighted by Gasteiger charge is 2.34. The molecule has 27 heavy (non-hydrogen) atoms. The number of nitriles is 1. The molecule has 0 aliphatic rings. The maximum absolute atomic E-state index is 13.1. The van der Waals surface area contributed by atoms with E-state index in [2.05, 4.69) is 15.8 Å². The molecule has 0 aliphatic heterocycles. The number of hydrazine groups is 1. The minimum atomic E-state index is -4.66. The van der Waals surface area contributed by atoms with Crippen LogP contribution in [-0.2, 0) is 6.18 Å². The maximum atomic E-state index is 13.1. The molecule has 2 rings (SSSR count). The SMILES string of the molecule is CCN(CC)c1ccc(C(=O)NNc2ccc(C#N)cc2C(F)(F)F)cc1. The number of hydrogen-bond donors (Lipinski definition) is 2. The Morgan fingerprint density at radius 3 is 2.26 bits per heavy atom. The summed E-state index contributed by atoms with van der Waals surface area (Å²) in [5.74, 6) is -0.571. The largest absolute Gasteiger partial charge is 0.418 e. The summed E-state index contributed by atoms with van der Waals surface area (Å²) < 4.78 is 39.4. The standard InChI is InChI=1S/C19H19F3N4O/c1-3-26(4-2)15-8-6-14(7-9-15)18(27)25-24-17-10-5-13(12-23)11-16(17)19(20,21)22/h5-11,24H,3-4H2,1-2H3,(H,25,27). The van der Waals surface area contributed by atoms with Gasteiger partial charge in [0.05, 0.1) is 22.9 Å². The van der Waals surface area contributed by atoms with Crippen LogP contribution in [0.4, 0.5) is 24.5 Å². The van der Waals surface area contributed by atoms with Gasteiger partial charge in [-0.25, -0.2) is 0 Å². The molecule has 8 heteroatoms. The van der Waals surface area contributed by atoms with Crippen molar-refractivity contribution in [2.45, 2.75) is 20.0 Å². The summed E-state index contributed by atoms with van der Waals surface area (Å²) in [4.78, 5) is 14.3. The fourth-order valence-electron chi connectivity index (χ4n) is 2.57. The quantitative estimate of drug-likeness (QED) is 0.742. The van der Waals surface area contributed by atoms with Crippen LogP contribution < -0.4 is 15.8 Å². The molecule has 0 saturated heterocycles. The average Bonchev–Trinajstić information content (AvgIpc) is 2.66. The molecular formula is C19H19F3N4O. The van der Waals surface area contributed by atoms with Gasteiger partial charge >= 0.3 is 6.18 Å². The molecular weight excluding hydrogens is 357 g/mol. The summed E-state index contributed by atoms with van der Waals surface area (Å²) in [6, 6.07) is 11.5. The third-order valence-corrected chi connectivity index (χ3v) is 4.02. The Hall–Kier alpha value is -3.21. The second-order valence-corrected chi connectivity index (χ2v) is 5.67. The van der Waals surface area contributed by atoms with Crippen molar-refractivity contribution in [2.75, 3.05) is 23.4 Å². The number of rotatable bonds is 6. The van der Waals surface area contributed by atoms with E-state index in [0.29, 0.717) is 5.56 Å². The zero-order valence-corrected chi connectivity index (χ0v) is 14.9. The number of carbonyl (C=O) groups excluding carboxylic acids is 1. The first kappa shape index (κ1) is 20.1. The molecule has 0 spiro atoms. The van der Waals surface area contributed by atoms with Gasteiger partial charge in [0.1, 0.15) is 0 Å². The van der Waals surface area contributed by atoms with E-state index >= 15 is 0 Å². The third kappa shape index (κ3) is 4.91. The van der Waals surface area contributed by atoms with Gasteiger partial charge in [-0.05, 0) is 56.3 Å². The number of halogens is 3. The minimum Gasteiger partial charge on any atom is -0.372 e. The number of benzene rings is 2. The van der Waals surface area contributed by atoms with Crippen molar-refractivity contribution in [1.82, 2.24) is 5.43 Å². The lowest BCUT2D eigenvalue weighted by Gasteiger charge is -2.21. The predicted octanol–water partition coefficient (Wildman–Crippen LogP) is 4.18. The van der Waals surface area contributed by atoms with Gasteiger partial charge in [0.15, 0.2) is 0 Å². The molecule has 0 atom stereocenters. The van der Waals surface area contributed by atoms with Crippen LogP contribution >= 0.6 is 0 Å². The lowest BCUT2D eigenvalue weighted by atomic mass is 10.1. The smallest absolute Gasteiger partial charge is 0.372 e. The predicted molar refractivity (Wildman–Crippen MR) is 97.3 cm³/mol. The summed E-state index contributed by atoms with van der Waals surface area (Å²) in [5, 5.41) is 8.77. The van der Waals surface area contributed by atoms with Gasteiger partial charge in [-0.3, -0.25) is 15.6 Å². The number of amides is 1. The van der Waals surface area contributed by atoms with Crippen molar-refractivity contribution in [1.29, 1.82) is 5.26 Å². The van der Waals surface area contributed by atoms with Gasteiger partial charge in [-0.2, -0.15) is 18.4 Å². The van der Waals surface area contributed by atoms with Gasteiger partial charge in [0, 0.05) is 24.3 Å². The van der Waals surface area contributed by atoms with Crippen LogP contribution in [0.15, 0.2) is 42.5 Å². The Balaban J connectivity index is 2.13. The Labute approximate surface area is 155 Å². The van der Waals surface area contributed by atoms with Gasteiger partial charge in [0.25, 0.3) is 5.91 Å². The fraction of sp³-hybridized carbons (Fsp3) is 0.263. The number of carbonyl (C=O) groups is 1. The molecule has 142 valence electrons. The van der Waals surface area contributed by atoms with E-state index in [0.717, 1.165) is 30.9 Å². The first-order valence-corrected chi connectivity index (χ1v) is 8.32. The van der Waals surface area contributed by atoms with Crippen LogP contribution in [0.5, 0.6) is 0 Å². The van der Waals surface area contributed by atoms with Crippen molar-refractivity contribution >= 4 is 17.3 Å². The molecule has 0 aliphatic carbocycles. The Kier molecular flexibility index (Phi) is 6.29. The van der Waals surface area contributed by atoms with Gasteiger partial charge in [-0.1, -0.05) is 0 Å². The normalized spacial score (nSPS) is 10.8. The van der Waals surface area contributed by atoms with E-state index in [9.17, 15) is 18.0 Å². The number of hydrogen-bond acceptors (Lipinski definition) is 4. The molecule has 0 unspecified atom stereocenters. The number of anilines is 2. The molecule has 0 fully saturated rings. The number of alkyl halides is 3. The lowest BCUT2D eigenvalue weighted by Crippen LogP contribution is -2.30. The van der Waals surface area contributed by atoms with Crippen molar-refractivity contribution in [2.24, 2.45) is 0 Å². The van der Waals surface area contributed by atoms with Crippen LogP contribution in [0.25, 0.3) is 0 Å². The van der Waals surface area contributed by atoms with Crippen LogP contribution in [0.2, 0.25) is 0 Å². The fourth-order valence-corrected chi connectivity index (χ4v) is 2.57. The van der Waals surface area contributed by atoms with E-state index < -0.39 is 17.6 Å². The van der Waals surface area contributed by atoms with E-state index in [1.54, 1.807) is 30.3 Å². The van der Waals surface area contributed by atoms with Crippen molar-refractivity contribution in [3.8, 4) is 6.07 Å². The molecule has 1 amide bonds. The Morgan fingerprint density at radius 2 is 1.74 bits per heavy atom. The van der Waals surface area contributed by atoms with Gasteiger partial charge < -0.3 is 4.90 Å². The van der Waals surface area contributed by atoms with Crippen molar-refractivity contribution in [3.05, 3.63) is 59.2 Å². The second-order valence-electron chi connectivity index (χ2n) is 5.67. The molecule has 0 bridgehead atoms. The highest BCUT2D eigenvalue weighted by molar-refractivity contribution is 5.95. The van der Waals surface area contributed by atoms with Crippen molar-refractivity contribution < 1.29 is 18.0 Å². The highest BCUT2D eigenvalue weighted by atomic mass is 19.4. The van der Waals surface area contributed by atoms with Crippen LogP contribution in [-0.4, -0.2) is 19.0 Å². The van der Waals surface area contributed by atoms with Crippen LogP contribution in [0.1, 0.15) is 35.3 Å². The monoisotopic (exact) mass is 376 g/mol. The molecule has 2 N–H and O–H groups in total. The summed E-state index contributed by atoms with van der Waals surface area (Å²) in [6.45, 7) is 5.68.